The Morgan fingerprint density at radius 3 is 2.32 bits per heavy atom. The number of carbonyl (C=O) groups excluding carboxylic acids is 1. The van der Waals surface area contributed by atoms with Gasteiger partial charge in [-0.05, 0) is 26.3 Å². The van der Waals surface area contributed by atoms with Crippen molar-refractivity contribution >= 4 is 11.9 Å². The normalized spacial score (nSPS) is 12.8. The van der Waals surface area contributed by atoms with Gasteiger partial charge in [-0.25, -0.2) is 14.8 Å². The molecular weight excluding hydrogens is 250 g/mol. The van der Waals surface area contributed by atoms with Gasteiger partial charge in [-0.1, -0.05) is 0 Å². The smallest absolute Gasteiger partial charge is 0.376 e. The lowest BCUT2D eigenvalue weighted by atomic mass is 10.1. The fourth-order valence-corrected chi connectivity index (χ4v) is 1.23. The Hall–Kier alpha value is -2.02. The third kappa shape index (κ3) is 5.01. The molecule has 0 fully saturated rings. The van der Waals surface area contributed by atoms with E-state index in [0.717, 1.165) is 0 Å². The number of aromatic nitrogens is 2. The molecule has 0 amide bonds. The van der Waals surface area contributed by atoms with Gasteiger partial charge in [-0.3, -0.25) is 4.79 Å². The predicted octanol–water partition coefficient (Wildman–Crippen LogP) is 0.386. The molecule has 1 heterocycles. The van der Waals surface area contributed by atoms with E-state index >= 15 is 0 Å². The fraction of sp³-hybridized carbons (Fsp3) is 0.500. The molecule has 0 saturated carbocycles. The van der Waals surface area contributed by atoms with Crippen LogP contribution in [-0.4, -0.2) is 38.7 Å². The minimum atomic E-state index is -1.10. The number of carboxylic acid groups (broad SMARTS) is 1. The molecule has 0 spiro atoms. The SMILES string of the molecule is CC(C)(C)OC(=O)c1ncc(CC(N)C(=O)O)cn1. The molecule has 0 aromatic carbocycles. The van der Waals surface area contributed by atoms with Crippen molar-refractivity contribution in [1.82, 2.24) is 9.97 Å². The van der Waals surface area contributed by atoms with Crippen molar-refractivity contribution in [2.75, 3.05) is 0 Å². The molecule has 1 unspecified atom stereocenters. The van der Waals surface area contributed by atoms with Crippen LogP contribution in [0.2, 0.25) is 0 Å². The number of ether oxygens (including phenoxy) is 1. The minimum Gasteiger partial charge on any atom is -0.480 e. The molecule has 0 aliphatic heterocycles. The van der Waals surface area contributed by atoms with Crippen molar-refractivity contribution in [3.05, 3.63) is 23.8 Å². The lowest BCUT2D eigenvalue weighted by molar-refractivity contribution is -0.138. The monoisotopic (exact) mass is 267 g/mol. The maximum Gasteiger partial charge on any atom is 0.376 e. The largest absolute Gasteiger partial charge is 0.480 e. The summed E-state index contributed by atoms with van der Waals surface area (Å²) in [4.78, 5) is 29.9. The molecule has 19 heavy (non-hydrogen) atoms. The Kier molecular flexibility index (Phi) is 4.55. The van der Waals surface area contributed by atoms with Gasteiger partial charge >= 0.3 is 11.9 Å². The van der Waals surface area contributed by atoms with Crippen LogP contribution in [0, 0.1) is 0 Å². The number of carbonyl (C=O) groups is 2. The average Bonchev–Trinajstić information content (AvgIpc) is 2.27. The van der Waals surface area contributed by atoms with E-state index in [1.165, 1.54) is 12.4 Å². The molecule has 7 heteroatoms. The van der Waals surface area contributed by atoms with E-state index in [-0.39, 0.29) is 12.2 Å². The lowest BCUT2D eigenvalue weighted by Crippen LogP contribution is -2.32. The first-order chi connectivity index (χ1) is 8.69. The molecule has 1 aromatic heterocycles. The Bertz CT molecular complexity index is 465. The number of esters is 1. The molecule has 0 aliphatic rings. The van der Waals surface area contributed by atoms with Crippen LogP contribution in [0.1, 0.15) is 37.0 Å². The molecule has 3 N–H and O–H groups in total. The number of aliphatic carboxylic acids is 1. The Labute approximate surface area is 110 Å². The molecule has 0 aliphatic carbocycles. The number of nitrogens with zero attached hydrogens (tertiary/aromatic N) is 2. The van der Waals surface area contributed by atoms with Crippen LogP contribution in [0.5, 0.6) is 0 Å². The van der Waals surface area contributed by atoms with Gasteiger partial charge < -0.3 is 15.6 Å². The number of nitrogens with two attached hydrogens (primary N) is 1. The van der Waals surface area contributed by atoms with E-state index in [1.54, 1.807) is 20.8 Å². The van der Waals surface area contributed by atoms with Crippen LogP contribution in [0.25, 0.3) is 0 Å². The summed E-state index contributed by atoms with van der Waals surface area (Å²) in [7, 11) is 0. The maximum absolute atomic E-state index is 11.6. The van der Waals surface area contributed by atoms with Crippen LogP contribution in [-0.2, 0) is 16.0 Å². The summed E-state index contributed by atoms with van der Waals surface area (Å²) in [5.74, 6) is -1.79. The highest BCUT2D eigenvalue weighted by Crippen LogP contribution is 2.10. The van der Waals surface area contributed by atoms with Gasteiger partial charge in [-0.15, -0.1) is 0 Å². The van der Waals surface area contributed by atoms with E-state index in [9.17, 15) is 9.59 Å². The first kappa shape index (κ1) is 15.0. The van der Waals surface area contributed by atoms with E-state index in [4.69, 9.17) is 15.6 Å². The molecular formula is C12H17N3O4. The molecule has 1 rings (SSSR count). The van der Waals surface area contributed by atoms with Crippen molar-refractivity contribution in [1.29, 1.82) is 0 Å². The summed E-state index contributed by atoms with van der Waals surface area (Å²) in [6, 6.07) is -1.02. The van der Waals surface area contributed by atoms with E-state index in [2.05, 4.69) is 9.97 Å². The number of hydrogen-bond donors (Lipinski definition) is 2. The summed E-state index contributed by atoms with van der Waals surface area (Å²) in [6.45, 7) is 5.22. The summed E-state index contributed by atoms with van der Waals surface area (Å²) in [5.41, 5.74) is 5.31. The number of rotatable bonds is 4. The zero-order valence-electron chi connectivity index (χ0n) is 11.1. The van der Waals surface area contributed by atoms with Crippen molar-refractivity contribution in [2.24, 2.45) is 5.73 Å². The van der Waals surface area contributed by atoms with Crippen LogP contribution in [0.15, 0.2) is 12.4 Å². The van der Waals surface area contributed by atoms with Gasteiger partial charge in [0.15, 0.2) is 0 Å². The summed E-state index contributed by atoms with van der Waals surface area (Å²) < 4.78 is 5.10. The zero-order valence-corrected chi connectivity index (χ0v) is 11.1. The highest BCUT2D eigenvalue weighted by Gasteiger charge is 2.20. The molecule has 1 atom stereocenters. The Morgan fingerprint density at radius 2 is 1.89 bits per heavy atom. The Morgan fingerprint density at radius 1 is 1.37 bits per heavy atom. The summed E-state index contributed by atoms with van der Waals surface area (Å²) in [6.07, 6.45) is 2.84. The quantitative estimate of drug-likeness (QED) is 0.758. The minimum absolute atomic E-state index is 0.0671. The molecule has 104 valence electrons. The van der Waals surface area contributed by atoms with Gasteiger partial charge in [0.05, 0.1) is 0 Å². The first-order valence-corrected chi connectivity index (χ1v) is 5.71. The van der Waals surface area contributed by atoms with Gasteiger partial charge in [0.1, 0.15) is 11.6 Å². The van der Waals surface area contributed by atoms with Gasteiger partial charge in [0, 0.05) is 18.8 Å². The molecule has 7 nitrogen and oxygen atoms in total. The second-order valence-corrected chi connectivity index (χ2v) is 5.07. The molecule has 0 saturated heterocycles. The fourth-order valence-electron chi connectivity index (χ4n) is 1.23. The number of carboxylic acids is 1. The molecule has 0 radical (unpaired) electrons. The van der Waals surface area contributed by atoms with Crippen molar-refractivity contribution in [3.8, 4) is 0 Å². The highest BCUT2D eigenvalue weighted by molar-refractivity contribution is 5.85. The van der Waals surface area contributed by atoms with E-state index in [1.807, 2.05) is 0 Å². The second kappa shape index (κ2) is 5.75. The zero-order chi connectivity index (χ0) is 14.6. The second-order valence-electron chi connectivity index (χ2n) is 5.07. The van der Waals surface area contributed by atoms with Crippen LogP contribution < -0.4 is 5.73 Å². The molecule has 1 aromatic rings. The summed E-state index contributed by atoms with van der Waals surface area (Å²) in [5, 5.41) is 8.67. The van der Waals surface area contributed by atoms with Crippen molar-refractivity contribution in [2.45, 2.75) is 38.8 Å². The average molecular weight is 267 g/mol. The van der Waals surface area contributed by atoms with Gasteiger partial charge in [0.25, 0.3) is 0 Å². The van der Waals surface area contributed by atoms with Crippen LogP contribution >= 0.6 is 0 Å². The van der Waals surface area contributed by atoms with Crippen LogP contribution in [0.3, 0.4) is 0 Å². The van der Waals surface area contributed by atoms with E-state index < -0.39 is 23.6 Å². The third-order valence-corrected chi connectivity index (χ3v) is 2.06. The topological polar surface area (TPSA) is 115 Å². The maximum atomic E-state index is 11.6. The molecule has 0 bridgehead atoms. The van der Waals surface area contributed by atoms with Gasteiger partial charge in [-0.2, -0.15) is 0 Å². The Balaban J connectivity index is 2.71. The van der Waals surface area contributed by atoms with Crippen molar-refractivity contribution < 1.29 is 19.4 Å². The number of hydrogen-bond acceptors (Lipinski definition) is 6. The summed E-state index contributed by atoms with van der Waals surface area (Å²) >= 11 is 0. The predicted molar refractivity (Wildman–Crippen MR) is 66.5 cm³/mol. The van der Waals surface area contributed by atoms with Gasteiger partial charge in [0.2, 0.25) is 5.82 Å². The highest BCUT2D eigenvalue weighted by atomic mass is 16.6. The van der Waals surface area contributed by atoms with E-state index in [0.29, 0.717) is 5.56 Å². The first-order valence-electron chi connectivity index (χ1n) is 5.71. The third-order valence-electron chi connectivity index (χ3n) is 2.06. The standard InChI is InChI=1S/C12H17N3O4/c1-12(2,3)19-11(18)9-14-5-7(6-15-9)4-8(13)10(16)17/h5-6,8H,4,13H2,1-3H3,(H,16,17). The van der Waals surface area contributed by atoms with Crippen molar-refractivity contribution in [3.63, 3.8) is 0 Å². The lowest BCUT2D eigenvalue weighted by Gasteiger charge is -2.18. The van der Waals surface area contributed by atoms with Crippen LogP contribution in [0.4, 0.5) is 0 Å².